The fourth-order valence-corrected chi connectivity index (χ4v) is 0.901. The quantitative estimate of drug-likeness (QED) is 0.774. The summed E-state index contributed by atoms with van der Waals surface area (Å²) in [6, 6.07) is 3.92. The highest BCUT2D eigenvalue weighted by Crippen LogP contribution is 2.14. The van der Waals surface area contributed by atoms with Gasteiger partial charge in [-0.1, -0.05) is 6.92 Å². The lowest BCUT2D eigenvalue weighted by atomic mass is 10.0. The Balaban J connectivity index is 2.69. The van der Waals surface area contributed by atoms with Gasteiger partial charge in [0, 0.05) is 5.54 Å². The first-order valence-corrected chi connectivity index (χ1v) is 4.62. The van der Waals surface area contributed by atoms with Gasteiger partial charge in [-0.15, -0.1) is 5.10 Å². The van der Waals surface area contributed by atoms with Gasteiger partial charge in [0.25, 0.3) is 0 Å². The topological polar surface area (TPSA) is 37.8 Å². The predicted molar refractivity (Wildman–Crippen MR) is 54.8 cm³/mol. The van der Waals surface area contributed by atoms with E-state index < -0.39 is 0 Å². The van der Waals surface area contributed by atoms with Gasteiger partial charge in [-0.05, 0) is 39.3 Å². The maximum absolute atomic E-state index is 4.05. The highest BCUT2D eigenvalue weighted by Gasteiger charge is 2.14. The summed E-state index contributed by atoms with van der Waals surface area (Å²) in [5.74, 6) is 0.845. The first kappa shape index (κ1) is 9.96. The van der Waals surface area contributed by atoms with Crippen LogP contribution in [0.15, 0.2) is 12.1 Å². The Hall–Kier alpha value is -1.12. The molecular weight excluding hydrogens is 162 g/mol. The van der Waals surface area contributed by atoms with Crippen LogP contribution in [0.2, 0.25) is 0 Å². The van der Waals surface area contributed by atoms with Crippen molar-refractivity contribution >= 4 is 5.82 Å². The summed E-state index contributed by atoms with van der Waals surface area (Å²) >= 11 is 0. The Labute approximate surface area is 79.6 Å². The third-order valence-corrected chi connectivity index (χ3v) is 2.15. The number of aromatic nitrogens is 2. The molecule has 0 aromatic carbocycles. The van der Waals surface area contributed by atoms with Crippen LogP contribution in [-0.4, -0.2) is 15.7 Å². The standard InChI is InChI=1S/C10H17N3/c1-5-10(3,4)11-9-7-6-8(2)12-13-9/h6-7H,5H2,1-4H3,(H,11,13). The van der Waals surface area contributed by atoms with E-state index in [1.54, 1.807) is 0 Å². The Bertz CT molecular complexity index is 264. The van der Waals surface area contributed by atoms with Gasteiger partial charge in [0.15, 0.2) is 0 Å². The molecule has 3 nitrogen and oxygen atoms in total. The van der Waals surface area contributed by atoms with Gasteiger partial charge in [-0.2, -0.15) is 5.10 Å². The van der Waals surface area contributed by atoms with Crippen molar-refractivity contribution in [1.29, 1.82) is 0 Å². The normalized spacial score (nSPS) is 11.4. The molecule has 1 heterocycles. The van der Waals surface area contributed by atoms with E-state index in [4.69, 9.17) is 0 Å². The van der Waals surface area contributed by atoms with Gasteiger partial charge >= 0.3 is 0 Å². The molecule has 0 bridgehead atoms. The third kappa shape index (κ3) is 3.01. The van der Waals surface area contributed by atoms with Gasteiger partial charge < -0.3 is 5.32 Å². The summed E-state index contributed by atoms with van der Waals surface area (Å²) < 4.78 is 0. The molecule has 0 aliphatic carbocycles. The lowest BCUT2D eigenvalue weighted by molar-refractivity contribution is 0.543. The van der Waals surface area contributed by atoms with Crippen molar-refractivity contribution in [3.05, 3.63) is 17.8 Å². The SMILES string of the molecule is CCC(C)(C)Nc1ccc(C)nn1. The van der Waals surface area contributed by atoms with Crippen LogP contribution in [0, 0.1) is 6.92 Å². The second-order valence-electron chi connectivity index (χ2n) is 3.92. The molecule has 0 atom stereocenters. The maximum atomic E-state index is 4.05. The van der Waals surface area contributed by atoms with E-state index in [0.717, 1.165) is 17.9 Å². The predicted octanol–water partition coefficient (Wildman–Crippen LogP) is 2.39. The molecule has 0 saturated heterocycles. The summed E-state index contributed by atoms with van der Waals surface area (Å²) in [5.41, 5.74) is 1.03. The summed E-state index contributed by atoms with van der Waals surface area (Å²) in [5, 5.41) is 11.4. The van der Waals surface area contributed by atoms with Crippen LogP contribution in [0.4, 0.5) is 5.82 Å². The van der Waals surface area contributed by atoms with Crippen molar-refractivity contribution < 1.29 is 0 Å². The largest absolute Gasteiger partial charge is 0.364 e. The molecule has 1 aromatic heterocycles. The highest BCUT2D eigenvalue weighted by atomic mass is 15.2. The van der Waals surface area contributed by atoms with Crippen LogP contribution in [0.3, 0.4) is 0 Å². The van der Waals surface area contributed by atoms with Crippen molar-refractivity contribution in [3.8, 4) is 0 Å². The zero-order valence-corrected chi connectivity index (χ0v) is 8.76. The number of nitrogens with one attached hydrogen (secondary N) is 1. The molecule has 72 valence electrons. The smallest absolute Gasteiger partial charge is 0.149 e. The molecule has 13 heavy (non-hydrogen) atoms. The maximum Gasteiger partial charge on any atom is 0.149 e. The Morgan fingerprint density at radius 1 is 1.31 bits per heavy atom. The molecular formula is C10H17N3. The van der Waals surface area contributed by atoms with E-state index >= 15 is 0 Å². The molecule has 0 radical (unpaired) electrons. The first-order valence-electron chi connectivity index (χ1n) is 4.62. The minimum absolute atomic E-state index is 0.0872. The van der Waals surface area contributed by atoms with E-state index in [1.807, 2.05) is 19.1 Å². The van der Waals surface area contributed by atoms with E-state index in [2.05, 4.69) is 36.3 Å². The molecule has 1 rings (SSSR count). The van der Waals surface area contributed by atoms with Gasteiger partial charge in [0.05, 0.1) is 5.69 Å². The second kappa shape index (κ2) is 3.73. The van der Waals surface area contributed by atoms with Crippen LogP contribution >= 0.6 is 0 Å². The number of hydrogen-bond donors (Lipinski definition) is 1. The molecule has 0 amide bonds. The zero-order valence-electron chi connectivity index (χ0n) is 8.76. The van der Waals surface area contributed by atoms with Crippen LogP contribution < -0.4 is 5.32 Å². The van der Waals surface area contributed by atoms with Crippen LogP contribution in [0.5, 0.6) is 0 Å². The summed E-state index contributed by atoms with van der Waals surface area (Å²) in [6.07, 6.45) is 1.06. The van der Waals surface area contributed by atoms with Crippen molar-refractivity contribution in [2.75, 3.05) is 5.32 Å². The van der Waals surface area contributed by atoms with Gasteiger partial charge in [-0.25, -0.2) is 0 Å². The van der Waals surface area contributed by atoms with Gasteiger partial charge in [-0.3, -0.25) is 0 Å². The lowest BCUT2D eigenvalue weighted by Crippen LogP contribution is -2.30. The number of aryl methyl sites for hydroxylation is 1. The van der Waals surface area contributed by atoms with Crippen LogP contribution in [0.25, 0.3) is 0 Å². The van der Waals surface area contributed by atoms with E-state index in [-0.39, 0.29) is 5.54 Å². The number of nitrogens with zero attached hydrogens (tertiary/aromatic N) is 2. The minimum Gasteiger partial charge on any atom is -0.364 e. The van der Waals surface area contributed by atoms with E-state index in [9.17, 15) is 0 Å². The molecule has 0 saturated carbocycles. The fourth-order valence-electron chi connectivity index (χ4n) is 0.901. The number of rotatable bonds is 3. The monoisotopic (exact) mass is 179 g/mol. The third-order valence-electron chi connectivity index (χ3n) is 2.15. The molecule has 0 aliphatic rings. The number of hydrogen-bond acceptors (Lipinski definition) is 3. The molecule has 1 N–H and O–H groups in total. The second-order valence-corrected chi connectivity index (χ2v) is 3.92. The van der Waals surface area contributed by atoms with Gasteiger partial charge in [0.2, 0.25) is 0 Å². The fraction of sp³-hybridized carbons (Fsp3) is 0.600. The zero-order chi connectivity index (χ0) is 9.90. The first-order chi connectivity index (χ1) is 6.03. The van der Waals surface area contributed by atoms with Crippen molar-refractivity contribution in [3.63, 3.8) is 0 Å². The molecule has 0 fully saturated rings. The minimum atomic E-state index is 0.0872. The molecule has 0 spiro atoms. The number of anilines is 1. The van der Waals surface area contributed by atoms with Crippen molar-refractivity contribution in [2.45, 2.75) is 39.7 Å². The molecule has 3 heteroatoms. The van der Waals surface area contributed by atoms with Crippen LogP contribution in [-0.2, 0) is 0 Å². The highest BCUT2D eigenvalue weighted by molar-refractivity contribution is 5.35. The lowest BCUT2D eigenvalue weighted by Gasteiger charge is -2.24. The summed E-state index contributed by atoms with van der Waals surface area (Å²) in [7, 11) is 0. The van der Waals surface area contributed by atoms with Crippen LogP contribution in [0.1, 0.15) is 32.9 Å². The Kier molecular flexibility index (Phi) is 2.86. The molecule has 1 aromatic rings. The van der Waals surface area contributed by atoms with E-state index in [1.165, 1.54) is 0 Å². The van der Waals surface area contributed by atoms with Crippen molar-refractivity contribution in [1.82, 2.24) is 10.2 Å². The van der Waals surface area contributed by atoms with Gasteiger partial charge in [0.1, 0.15) is 5.82 Å². The van der Waals surface area contributed by atoms with E-state index in [0.29, 0.717) is 0 Å². The van der Waals surface area contributed by atoms with Crippen molar-refractivity contribution in [2.24, 2.45) is 0 Å². The average Bonchev–Trinajstić information content (AvgIpc) is 2.09. The molecule has 0 aliphatic heterocycles. The molecule has 0 unspecified atom stereocenters. The average molecular weight is 179 g/mol. The Morgan fingerprint density at radius 2 is 2.00 bits per heavy atom. The summed E-state index contributed by atoms with van der Waals surface area (Å²) in [4.78, 5) is 0. The Morgan fingerprint density at radius 3 is 2.46 bits per heavy atom. The summed E-state index contributed by atoms with van der Waals surface area (Å²) in [6.45, 7) is 8.37.